The molecular weight excluding hydrogens is 571 g/mol. The summed E-state index contributed by atoms with van der Waals surface area (Å²) in [5.74, 6) is 2.90. The monoisotopic (exact) mass is 590 g/mol. The van der Waals surface area contributed by atoms with Crippen LogP contribution in [0.5, 0.6) is 28.7 Å². The van der Waals surface area contributed by atoms with Crippen LogP contribution in [0, 0.1) is 0 Å². The average Bonchev–Trinajstić information content (AvgIpc) is 3.44. The first-order chi connectivity index (χ1) is 16.1. The van der Waals surface area contributed by atoms with E-state index in [9.17, 15) is 0 Å². The van der Waals surface area contributed by atoms with Crippen LogP contribution in [0.2, 0.25) is 0 Å². The van der Waals surface area contributed by atoms with Gasteiger partial charge in [0, 0.05) is 0 Å². The second-order valence-electron chi connectivity index (χ2n) is 6.33. The molecule has 2 heterocycles. The summed E-state index contributed by atoms with van der Waals surface area (Å²) in [6.45, 7) is 0. The van der Waals surface area contributed by atoms with Crippen LogP contribution in [-0.2, 0) is 0 Å². The van der Waals surface area contributed by atoms with Gasteiger partial charge in [-0.3, -0.25) is 4.70 Å². The molecule has 5 rings (SSSR count). The minimum atomic E-state index is 0. The Hall–Kier alpha value is -3.49. The number of phenols is 1. The van der Waals surface area contributed by atoms with Crippen LogP contribution in [0.1, 0.15) is 0 Å². The van der Waals surface area contributed by atoms with Crippen molar-refractivity contribution in [3.8, 4) is 28.7 Å². The zero-order chi connectivity index (χ0) is 23.3. The van der Waals surface area contributed by atoms with Gasteiger partial charge in [0.2, 0.25) is 11.5 Å². The molecule has 0 bridgehead atoms. The highest BCUT2D eigenvalue weighted by atomic mass is 79.9. The first kappa shape index (κ1) is 26.8. The van der Waals surface area contributed by atoms with Gasteiger partial charge in [-0.1, -0.05) is 54.6 Å². The first-order valence-electron chi connectivity index (χ1n) is 9.75. The largest absolute Gasteiger partial charge is 0.508 e. The van der Waals surface area contributed by atoms with E-state index < -0.39 is 0 Å². The Labute approximate surface area is 213 Å². The summed E-state index contributed by atoms with van der Waals surface area (Å²) >= 11 is 6.45. The van der Waals surface area contributed by atoms with Gasteiger partial charge in [-0.2, -0.15) is 0 Å². The third-order valence-corrected chi connectivity index (χ3v) is 5.62. The summed E-state index contributed by atoms with van der Waals surface area (Å²) in [6.07, 6.45) is 6.27. The highest BCUT2D eigenvalue weighted by Gasteiger charge is 2.10. The van der Waals surface area contributed by atoms with Crippen molar-refractivity contribution in [2.45, 2.75) is 0 Å². The number of furan rings is 2. The SMILES string of the molecule is Brc1cocc1Br.F.Oc1ccccc1.c1ccc(Oc2cocc2Oc2ccccc2)cc1. The van der Waals surface area contributed by atoms with Crippen LogP contribution < -0.4 is 9.47 Å². The van der Waals surface area contributed by atoms with E-state index in [4.69, 9.17) is 23.4 Å². The third-order valence-electron chi connectivity index (χ3n) is 3.86. The lowest BCUT2D eigenvalue weighted by Crippen LogP contribution is -1.86. The van der Waals surface area contributed by atoms with E-state index in [-0.39, 0.29) is 4.70 Å². The Morgan fingerprint density at radius 3 is 1.18 bits per heavy atom. The number of hydrogen-bond acceptors (Lipinski definition) is 5. The molecule has 0 unspecified atom stereocenters. The Morgan fingerprint density at radius 1 is 0.529 bits per heavy atom. The lowest BCUT2D eigenvalue weighted by Gasteiger charge is -2.06. The number of phenolic OH excluding ortho intramolecular Hbond substituents is 1. The van der Waals surface area contributed by atoms with Crippen molar-refractivity contribution < 1.29 is 28.1 Å². The summed E-state index contributed by atoms with van der Waals surface area (Å²) in [4.78, 5) is 0. The van der Waals surface area contributed by atoms with Crippen LogP contribution in [-0.4, -0.2) is 5.11 Å². The minimum Gasteiger partial charge on any atom is -0.508 e. The van der Waals surface area contributed by atoms with E-state index in [0.29, 0.717) is 17.2 Å². The van der Waals surface area contributed by atoms with Crippen molar-refractivity contribution in [1.29, 1.82) is 0 Å². The van der Waals surface area contributed by atoms with Crippen LogP contribution >= 0.6 is 31.9 Å². The fourth-order valence-corrected chi connectivity index (χ4v) is 2.75. The maximum atomic E-state index is 8.63. The molecule has 0 fully saturated rings. The highest BCUT2D eigenvalue weighted by molar-refractivity contribution is 9.13. The topological polar surface area (TPSA) is 65.0 Å². The van der Waals surface area contributed by atoms with E-state index >= 15 is 0 Å². The molecule has 0 saturated carbocycles. The van der Waals surface area contributed by atoms with Gasteiger partial charge < -0.3 is 23.4 Å². The quantitative estimate of drug-likeness (QED) is 0.226. The first-order valence-corrected chi connectivity index (χ1v) is 11.3. The van der Waals surface area contributed by atoms with Crippen LogP contribution in [0.4, 0.5) is 4.70 Å². The zero-order valence-corrected chi connectivity index (χ0v) is 20.9. The summed E-state index contributed by atoms with van der Waals surface area (Å²) in [6, 6.07) is 27.7. The second kappa shape index (κ2) is 14.6. The molecule has 176 valence electrons. The van der Waals surface area contributed by atoms with Crippen molar-refractivity contribution in [2.75, 3.05) is 0 Å². The molecule has 3 aromatic carbocycles. The van der Waals surface area contributed by atoms with Crippen molar-refractivity contribution >= 4 is 31.9 Å². The fourth-order valence-electron chi connectivity index (χ4n) is 2.35. The molecule has 0 aliphatic heterocycles. The molecule has 0 saturated heterocycles. The van der Waals surface area contributed by atoms with E-state index in [1.165, 1.54) is 12.5 Å². The van der Waals surface area contributed by atoms with E-state index in [0.717, 1.165) is 20.4 Å². The second-order valence-corrected chi connectivity index (χ2v) is 8.04. The Bertz CT molecular complexity index is 1120. The average molecular weight is 592 g/mol. The predicted molar refractivity (Wildman–Crippen MR) is 136 cm³/mol. The molecule has 0 aliphatic carbocycles. The maximum Gasteiger partial charge on any atom is 0.208 e. The number of rotatable bonds is 4. The van der Waals surface area contributed by atoms with Crippen molar-refractivity contribution in [3.63, 3.8) is 0 Å². The Morgan fingerprint density at radius 2 is 0.882 bits per heavy atom. The minimum absolute atomic E-state index is 0. The number of benzene rings is 3. The van der Waals surface area contributed by atoms with E-state index in [2.05, 4.69) is 31.9 Å². The molecule has 5 aromatic rings. The Kier molecular flexibility index (Phi) is 11.5. The number of para-hydroxylation sites is 3. The van der Waals surface area contributed by atoms with Gasteiger partial charge in [0.25, 0.3) is 0 Å². The zero-order valence-electron chi connectivity index (χ0n) is 17.7. The molecule has 2 aromatic heterocycles. The number of ether oxygens (including phenoxy) is 2. The van der Waals surface area contributed by atoms with Crippen molar-refractivity contribution in [3.05, 3.63) is 125 Å². The van der Waals surface area contributed by atoms with Gasteiger partial charge in [-0.05, 0) is 68.3 Å². The maximum absolute atomic E-state index is 8.63. The van der Waals surface area contributed by atoms with Crippen LogP contribution in [0.15, 0.2) is 134 Å². The third kappa shape index (κ3) is 9.17. The van der Waals surface area contributed by atoms with Crippen molar-refractivity contribution in [2.24, 2.45) is 0 Å². The molecule has 0 radical (unpaired) electrons. The number of halogens is 3. The number of aromatic hydroxyl groups is 1. The van der Waals surface area contributed by atoms with Gasteiger partial charge in [-0.25, -0.2) is 0 Å². The fraction of sp³-hybridized carbons (Fsp3) is 0. The molecule has 0 aliphatic rings. The number of hydrogen-bond donors (Lipinski definition) is 1. The lowest BCUT2D eigenvalue weighted by molar-refractivity contribution is 0.422. The summed E-state index contributed by atoms with van der Waals surface area (Å²) in [5, 5.41) is 8.63. The van der Waals surface area contributed by atoms with Gasteiger partial charge >= 0.3 is 0 Å². The highest BCUT2D eigenvalue weighted by Crippen LogP contribution is 2.35. The molecule has 8 heteroatoms. The predicted octanol–water partition coefficient (Wildman–Crippen LogP) is 9.21. The van der Waals surface area contributed by atoms with Crippen molar-refractivity contribution in [1.82, 2.24) is 0 Å². The van der Waals surface area contributed by atoms with E-state index in [1.807, 2.05) is 66.7 Å². The standard InChI is InChI=1S/C16H12O3.C6H6O.C4H2Br2O.FH/c1-3-7-13(8-4-1)18-15-11-17-12-16(15)19-14-9-5-2-6-10-14;7-6-4-2-1-3-5-6;5-3-1-7-2-4(3)6;/h1-12H;1-5,7H;1-2H;1H. The summed E-state index contributed by atoms with van der Waals surface area (Å²) < 4.78 is 23.2. The molecule has 0 amide bonds. The van der Waals surface area contributed by atoms with Gasteiger partial charge in [0.15, 0.2) is 0 Å². The Balaban J connectivity index is 0.000000224. The summed E-state index contributed by atoms with van der Waals surface area (Å²) in [7, 11) is 0. The molecule has 34 heavy (non-hydrogen) atoms. The summed E-state index contributed by atoms with van der Waals surface area (Å²) in [5.41, 5.74) is 0. The van der Waals surface area contributed by atoms with Gasteiger partial charge in [-0.15, -0.1) is 0 Å². The van der Waals surface area contributed by atoms with Gasteiger partial charge in [0.1, 0.15) is 42.3 Å². The van der Waals surface area contributed by atoms with Crippen LogP contribution in [0.3, 0.4) is 0 Å². The smallest absolute Gasteiger partial charge is 0.208 e. The molecule has 1 N–H and O–H groups in total. The molecule has 5 nitrogen and oxygen atoms in total. The van der Waals surface area contributed by atoms with Gasteiger partial charge in [0.05, 0.1) is 8.95 Å². The molecule has 0 spiro atoms. The van der Waals surface area contributed by atoms with E-state index in [1.54, 1.807) is 36.8 Å². The normalized spacial score (nSPS) is 9.35. The molecule has 0 atom stereocenters. The lowest BCUT2D eigenvalue weighted by atomic mass is 10.3. The molecular formula is C26H21Br2FO5. The van der Waals surface area contributed by atoms with Crippen LogP contribution in [0.25, 0.3) is 0 Å².